The quantitative estimate of drug-likeness (QED) is 0.706. The first-order valence-corrected chi connectivity index (χ1v) is 4.66. The summed E-state index contributed by atoms with van der Waals surface area (Å²) in [6, 6.07) is 9.76. The van der Waals surface area contributed by atoms with Gasteiger partial charge in [-0.05, 0) is 5.56 Å². The topological polar surface area (TPSA) is 37.3 Å². The van der Waals surface area contributed by atoms with E-state index in [4.69, 9.17) is 5.11 Å². The van der Waals surface area contributed by atoms with Crippen LogP contribution >= 0.6 is 11.8 Å². The summed E-state index contributed by atoms with van der Waals surface area (Å²) in [5, 5.41) is 8.63. The lowest BCUT2D eigenvalue weighted by Crippen LogP contribution is -2.03. The van der Waals surface area contributed by atoms with Crippen LogP contribution in [0.5, 0.6) is 0 Å². The van der Waals surface area contributed by atoms with E-state index in [1.54, 1.807) is 0 Å². The Morgan fingerprint density at radius 1 is 1.33 bits per heavy atom. The Bertz CT molecular complexity index is 297. The summed E-state index contributed by atoms with van der Waals surface area (Å²) in [6.07, 6.45) is 0. The van der Waals surface area contributed by atoms with Gasteiger partial charge in [-0.1, -0.05) is 30.3 Å². The molecule has 3 heteroatoms. The SMILES string of the molecule is O=C(O)[C@@H]1S[C@H]1c1ccccc1. The van der Waals surface area contributed by atoms with E-state index in [0.717, 1.165) is 5.56 Å². The van der Waals surface area contributed by atoms with E-state index in [1.807, 2.05) is 30.3 Å². The zero-order chi connectivity index (χ0) is 8.55. The van der Waals surface area contributed by atoms with Crippen molar-refractivity contribution >= 4 is 17.7 Å². The zero-order valence-corrected chi connectivity index (χ0v) is 7.12. The van der Waals surface area contributed by atoms with E-state index in [1.165, 1.54) is 11.8 Å². The Balaban J connectivity index is 2.11. The first-order chi connectivity index (χ1) is 5.79. The van der Waals surface area contributed by atoms with Gasteiger partial charge >= 0.3 is 5.97 Å². The van der Waals surface area contributed by atoms with Gasteiger partial charge in [-0.25, -0.2) is 0 Å². The molecule has 0 aliphatic carbocycles. The highest BCUT2D eigenvalue weighted by Gasteiger charge is 2.45. The third-order valence-corrected chi connectivity index (χ3v) is 3.15. The summed E-state index contributed by atoms with van der Waals surface area (Å²) in [7, 11) is 0. The molecule has 2 rings (SSSR count). The van der Waals surface area contributed by atoms with Crippen molar-refractivity contribution < 1.29 is 9.90 Å². The smallest absolute Gasteiger partial charge is 0.318 e. The van der Waals surface area contributed by atoms with E-state index in [-0.39, 0.29) is 10.5 Å². The number of rotatable bonds is 2. The van der Waals surface area contributed by atoms with Crippen LogP contribution in [0.2, 0.25) is 0 Å². The van der Waals surface area contributed by atoms with Crippen molar-refractivity contribution in [2.45, 2.75) is 10.5 Å². The number of carboxylic acids is 1. The molecule has 1 N–H and O–H groups in total. The number of hydrogen-bond donors (Lipinski definition) is 1. The molecule has 1 saturated heterocycles. The lowest BCUT2D eigenvalue weighted by atomic mass is 10.1. The summed E-state index contributed by atoms with van der Waals surface area (Å²) in [5.41, 5.74) is 1.12. The molecule has 1 fully saturated rings. The summed E-state index contributed by atoms with van der Waals surface area (Å²) in [4.78, 5) is 10.5. The fraction of sp³-hybridized carbons (Fsp3) is 0.222. The van der Waals surface area contributed by atoms with Gasteiger partial charge in [0, 0.05) is 0 Å². The van der Waals surface area contributed by atoms with E-state index in [9.17, 15) is 4.79 Å². The second kappa shape index (κ2) is 2.83. The molecule has 1 aliphatic rings. The van der Waals surface area contributed by atoms with E-state index < -0.39 is 5.97 Å². The van der Waals surface area contributed by atoms with Gasteiger partial charge in [0.15, 0.2) is 0 Å². The summed E-state index contributed by atoms with van der Waals surface area (Å²) in [6.45, 7) is 0. The van der Waals surface area contributed by atoms with Crippen LogP contribution in [0.3, 0.4) is 0 Å². The van der Waals surface area contributed by atoms with Crippen molar-refractivity contribution in [2.75, 3.05) is 0 Å². The van der Waals surface area contributed by atoms with Gasteiger partial charge in [0.2, 0.25) is 0 Å². The molecular formula is C9H8O2S. The largest absolute Gasteiger partial charge is 0.480 e. The number of carboxylic acid groups (broad SMARTS) is 1. The molecule has 62 valence electrons. The van der Waals surface area contributed by atoms with Crippen molar-refractivity contribution in [3.05, 3.63) is 35.9 Å². The van der Waals surface area contributed by atoms with Gasteiger partial charge in [-0.2, -0.15) is 0 Å². The highest BCUT2D eigenvalue weighted by Crippen LogP contribution is 2.54. The second-order valence-electron chi connectivity index (χ2n) is 2.73. The van der Waals surface area contributed by atoms with E-state index in [0.29, 0.717) is 0 Å². The van der Waals surface area contributed by atoms with Crippen LogP contribution < -0.4 is 0 Å². The monoisotopic (exact) mass is 180 g/mol. The maximum atomic E-state index is 10.5. The normalized spacial score (nSPS) is 26.7. The Hall–Kier alpha value is -0.960. The lowest BCUT2D eigenvalue weighted by Gasteiger charge is -1.93. The second-order valence-corrected chi connectivity index (χ2v) is 4.01. The molecule has 0 aromatic heterocycles. The molecular weight excluding hydrogens is 172 g/mol. The van der Waals surface area contributed by atoms with Crippen molar-refractivity contribution in [1.82, 2.24) is 0 Å². The molecule has 2 nitrogen and oxygen atoms in total. The summed E-state index contributed by atoms with van der Waals surface area (Å²) >= 11 is 1.50. The predicted octanol–water partition coefficient (Wildman–Crippen LogP) is 1.93. The summed E-state index contributed by atoms with van der Waals surface area (Å²) < 4.78 is 0. The van der Waals surface area contributed by atoms with Crippen LogP contribution in [0.25, 0.3) is 0 Å². The van der Waals surface area contributed by atoms with Crippen LogP contribution in [-0.2, 0) is 4.79 Å². The number of benzene rings is 1. The van der Waals surface area contributed by atoms with Gasteiger partial charge in [0.25, 0.3) is 0 Å². The van der Waals surface area contributed by atoms with Crippen molar-refractivity contribution in [1.29, 1.82) is 0 Å². The first-order valence-electron chi connectivity index (χ1n) is 3.72. The third kappa shape index (κ3) is 1.32. The Morgan fingerprint density at radius 3 is 2.50 bits per heavy atom. The van der Waals surface area contributed by atoms with E-state index in [2.05, 4.69) is 0 Å². The maximum absolute atomic E-state index is 10.5. The minimum atomic E-state index is -0.700. The zero-order valence-electron chi connectivity index (χ0n) is 6.31. The number of thioether (sulfide) groups is 1. The average Bonchev–Trinajstić information content (AvgIpc) is 2.84. The van der Waals surface area contributed by atoms with Gasteiger partial charge in [0.1, 0.15) is 5.25 Å². The fourth-order valence-corrected chi connectivity index (χ4v) is 2.13. The molecule has 1 heterocycles. The first kappa shape index (κ1) is 7.68. The average molecular weight is 180 g/mol. The Labute approximate surface area is 74.6 Å². The molecule has 12 heavy (non-hydrogen) atoms. The minimum Gasteiger partial charge on any atom is -0.480 e. The fourth-order valence-electron chi connectivity index (χ4n) is 1.20. The van der Waals surface area contributed by atoms with Crippen molar-refractivity contribution in [3.63, 3.8) is 0 Å². The molecule has 2 atom stereocenters. The Morgan fingerprint density at radius 2 is 2.00 bits per heavy atom. The highest BCUT2D eigenvalue weighted by molar-refractivity contribution is 8.08. The predicted molar refractivity (Wildman–Crippen MR) is 48.2 cm³/mol. The molecule has 0 radical (unpaired) electrons. The van der Waals surface area contributed by atoms with Gasteiger partial charge in [0.05, 0.1) is 5.25 Å². The molecule has 1 aromatic carbocycles. The van der Waals surface area contributed by atoms with Crippen molar-refractivity contribution in [3.8, 4) is 0 Å². The highest BCUT2D eigenvalue weighted by atomic mass is 32.2. The van der Waals surface area contributed by atoms with Crippen LogP contribution in [0.4, 0.5) is 0 Å². The number of hydrogen-bond acceptors (Lipinski definition) is 2. The molecule has 1 aliphatic heterocycles. The van der Waals surface area contributed by atoms with E-state index >= 15 is 0 Å². The molecule has 0 amide bonds. The van der Waals surface area contributed by atoms with Gasteiger partial charge in [-0.15, -0.1) is 11.8 Å². The third-order valence-electron chi connectivity index (χ3n) is 1.86. The van der Waals surface area contributed by atoms with Gasteiger partial charge < -0.3 is 5.11 Å². The molecule has 0 spiro atoms. The van der Waals surface area contributed by atoms with Crippen LogP contribution in [0, 0.1) is 0 Å². The summed E-state index contributed by atoms with van der Waals surface area (Å²) in [5.74, 6) is -0.700. The number of carbonyl (C=O) groups is 1. The standard InChI is InChI=1S/C9H8O2S/c10-9(11)8-7(12-8)6-4-2-1-3-5-6/h1-5,7-8H,(H,10,11)/t7-,8+/m0/s1. The van der Waals surface area contributed by atoms with Gasteiger partial charge in [-0.3, -0.25) is 4.79 Å². The van der Waals surface area contributed by atoms with Crippen molar-refractivity contribution in [2.24, 2.45) is 0 Å². The maximum Gasteiger partial charge on any atom is 0.318 e. The molecule has 0 saturated carbocycles. The Kier molecular flexibility index (Phi) is 1.81. The van der Waals surface area contributed by atoms with Crippen LogP contribution in [0.15, 0.2) is 30.3 Å². The number of aliphatic carboxylic acids is 1. The lowest BCUT2D eigenvalue weighted by molar-refractivity contribution is -0.135. The molecule has 1 aromatic rings. The van der Waals surface area contributed by atoms with Crippen LogP contribution in [-0.4, -0.2) is 16.3 Å². The molecule has 0 unspecified atom stereocenters. The van der Waals surface area contributed by atoms with Crippen LogP contribution in [0.1, 0.15) is 10.8 Å². The molecule has 0 bridgehead atoms. The minimum absolute atomic E-state index is 0.184.